The average molecular weight is 463 g/mol. The number of pyridine rings is 1. The lowest BCUT2D eigenvalue weighted by Gasteiger charge is -2.35. The molecule has 0 amide bonds. The minimum atomic E-state index is -0.230. The Morgan fingerprint density at radius 2 is 1.81 bits per heavy atom. The summed E-state index contributed by atoms with van der Waals surface area (Å²) in [5.41, 5.74) is 2.97. The smallest absolute Gasteiger partial charge is 0.128 e. The molecule has 0 saturated carbocycles. The van der Waals surface area contributed by atoms with Gasteiger partial charge < -0.3 is 4.90 Å². The summed E-state index contributed by atoms with van der Waals surface area (Å²) in [5.74, 6) is 0.812. The second-order valence-corrected chi connectivity index (χ2v) is 7.61. The molecule has 2 aromatic heterocycles. The summed E-state index contributed by atoms with van der Waals surface area (Å²) in [7, 11) is 0. The van der Waals surface area contributed by atoms with Gasteiger partial charge in [-0.15, -0.1) is 0 Å². The van der Waals surface area contributed by atoms with E-state index in [4.69, 9.17) is 0 Å². The van der Waals surface area contributed by atoms with Crippen LogP contribution in [0, 0.1) is 9.39 Å². The van der Waals surface area contributed by atoms with Crippen LogP contribution in [0.3, 0.4) is 0 Å². The van der Waals surface area contributed by atoms with E-state index in [0.717, 1.165) is 58.9 Å². The highest BCUT2D eigenvalue weighted by atomic mass is 127. The van der Waals surface area contributed by atoms with Crippen molar-refractivity contribution in [3.63, 3.8) is 0 Å². The number of piperazine rings is 1. The summed E-state index contributed by atoms with van der Waals surface area (Å²) in [6.07, 6.45) is 3.84. The third-order valence-electron chi connectivity index (χ3n) is 4.64. The van der Waals surface area contributed by atoms with Crippen LogP contribution in [-0.4, -0.2) is 46.3 Å². The average Bonchev–Trinajstić information content (AvgIpc) is 3.12. The van der Waals surface area contributed by atoms with Gasteiger partial charge in [0, 0.05) is 59.8 Å². The summed E-state index contributed by atoms with van der Waals surface area (Å²) >= 11 is 2.27. The molecule has 1 aliphatic heterocycles. The van der Waals surface area contributed by atoms with E-state index in [1.807, 2.05) is 12.4 Å². The van der Waals surface area contributed by atoms with Gasteiger partial charge in [-0.25, -0.2) is 9.37 Å². The molecule has 0 spiro atoms. The number of aromatic nitrogens is 3. The lowest BCUT2D eigenvalue weighted by Crippen LogP contribution is -2.46. The fourth-order valence-electron chi connectivity index (χ4n) is 3.22. The van der Waals surface area contributed by atoms with E-state index in [9.17, 15) is 4.39 Å². The highest BCUT2D eigenvalue weighted by molar-refractivity contribution is 14.1. The van der Waals surface area contributed by atoms with Crippen LogP contribution in [0.1, 0.15) is 5.56 Å². The van der Waals surface area contributed by atoms with E-state index >= 15 is 0 Å². The Morgan fingerprint density at radius 3 is 2.50 bits per heavy atom. The van der Waals surface area contributed by atoms with Crippen LogP contribution in [-0.2, 0) is 6.54 Å². The van der Waals surface area contributed by atoms with Crippen LogP contribution in [0.15, 0.2) is 48.8 Å². The molecule has 3 heterocycles. The topological polar surface area (TPSA) is 48.1 Å². The zero-order valence-corrected chi connectivity index (χ0v) is 16.4. The van der Waals surface area contributed by atoms with Crippen LogP contribution >= 0.6 is 22.6 Å². The molecule has 1 fully saturated rings. The summed E-state index contributed by atoms with van der Waals surface area (Å²) in [5, 5.41) is 7.31. The van der Waals surface area contributed by atoms with Crippen molar-refractivity contribution in [2.24, 2.45) is 0 Å². The van der Waals surface area contributed by atoms with Crippen molar-refractivity contribution in [1.82, 2.24) is 20.1 Å². The van der Waals surface area contributed by atoms with Crippen molar-refractivity contribution in [3.05, 3.63) is 63.7 Å². The fourth-order valence-corrected chi connectivity index (χ4v) is 3.54. The monoisotopic (exact) mass is 463 g/mol. The predicted molar refractivity (Wildman–Crippen MR) is 108 cm³/mol. The Balaban J connectivity index is 1.40. The SMILES string of the molecule is Fc1ccc(-c2n[nH]cc2CN2CCN(c3ccc(I)cn3)CC2)cc1. The molecule has 7 heteroatoms. The molecular weight excluding hydrogens is 444 g/mol. The van der Waals surface area contributed by atoms with Crippen molar-refractivity contribution < 1.29 is 4.39 Å². The van der Waals surface area contributed by atoms with Crippen LogP contribution in [0.5, 0.6) is 0 Å². The van der Waals surface area contributed by atoms with Crippen LogP contribution in [0.4, 0.5) is 10.2 Å². The molecule has 26 heavy (non-hydrogen) atoms. The maximum Gasteiger partial charge on any atom is 0.128 e. The third-order valence-corrected chi connectivity index (χ3v) is 5.28. The molecule has 4 rings (SSSR count). The number of halogens is 2. The molecule has 1 aliphatic rings. The van der Waals surface area contributed by atoms with Gasteiger partial charge in [0.15, 0.2) is 0 Å². The Morgan fingerprint density at radius 1 is 1.04 bits per heavy atom. The van der Waals surface area contributed by atoms with Gasteiger partial charge in [-0.2, -0.15) is 5.10 Å². The van der Waals surface area contributed by atoms with Crippen molar-refractivity contribution in [1.29, 1.82) is 0 Å². The lowest BCUT2D eigenvalue weighted by molar-refractivity contribution is 0.249. The lowest BCUT2D eigenvalue weighted by atomic mass is 10.1. The number of benzene rings is 1. The summed E-state index contributed by atoms with van der Waals surface area (Å²) < 4.78 is 14.3. The Bertz CT molecular complexity index is 854. The van der Waals surface area contributed by atoms with E-state index in [0.29, 0.717) is 0 Å². The number of aromatic amines is 1. The highest BCUT2D eigenvalue weighted by Gasteiger charge is 2.20. The summed E-state index contributed by atoms with van der Waals surface area (Å²) in [6, 6.07) is 10.7. The van der Waals surface area contributed by atoms with Crippen molar-refractivity contribution in [2.45, 2.75) is 6.54 Å². The molecule has 1 N–H and O–H groups in total. The number of hydrogen-bond donors (Lipinski definition) is 1. The van der Waals surface area contributed by atoms with Crippen molar-refractivity contribution in [2.75, 3.05) is 31.1 Å². The van der Waals surface area contributed by atoms with Crippen molar-refractivity contribution in [3.8, 4) is 11.3 Å². The molecule has 5 nitrogen and oxygen atoms in total. The van der Waals surface area contributed by atoms with Gasteiger partial charge in [-0.1, -0.05) is 0 Å². The molecule has 0 unspecified atom stereocenters. The Kier molecular flexibility index (Phi) is 5.16. The first-order valence-corrected chi connectivity index (χ1v) is 9.64. The van der Waals surface area contributed by atoms with Crippen LogP contribution in [0.25, 0.3) is 11.3 Å². The van der Waals surface area contributed by atoms with Gasteiger partial charge in [0.05, 0.1) is 5.69 Å². The normalized spacial score (nSPS) is 15.4. The van der Waals surface area contributed by atoms with Gasteiger partial charge in [0.25, 0.3) is 0 Å². The fraction of sp³-hybridized carbons (Fsp3) is 0.263. The first kappa shape index (κ1) is 17.4. The van der Waals surface area contributed by atoms with E-state index in [1.54, 1.807) is 12.1 Å². The largest absolute Gasteiger partial charge is 0.354 e. The summed E-state index contributed by atoms with van der Waals surface area (Å²) in [6.45, 7) is 4.69. The van der Waals surface area contributed by atoms with Crippen LogP contribution in [0.2, 0.25) is 0 Å². The first-order valence-electron chi connectivity index (χ1n) is 8.56. The van der Waals surface area contributed by atoms with E-state index in [-0.39, 0.29) is 5.82 Å². The number of nitrogens with one attached hydrogen (secondary N) is 1. The number of nitrogens with zero attached hydrogens (tertiary/aromatic N) is 4. The maximum atomic E-state index is 13.2. The van der Waals surface area contributed by atoms with Crippen molar-refractivity contribution >= 4 is 28.4 Å². The first-order chi connectivity index (χ1) is 12.7. The number of hydrogen-bond acceptors (Lipinski definition) is 4. The molecular formula is C19H19FIN5. The second kappa shape index (κ2) is 7.71. The molecule has 0 bridgehead atoms. The maximum absolute atomic E-state index is 13.2. The Hall–Kier alpha value is -2.00. The van der Waals surface area contributed by atoms with Gasteiger partial charge in [-0.3, -0.25) is 10.00 Å². The van der Waals surface area contributed by atoms with Gasteiger partial charge in [0.2, 0.25) is 0 Å². The van der Waals surface area contributed by atoms with E-state index in [2.05, 4.69) is 59.7 Å². The highest BCUT2D eigenvalue weighted by Crippen LogP contribution is 2.23. The van der Waals surface area contributed by atoms with Gasteiger partial charge in [0.1, 0.15) is 11.6 Å². The summed E-state index contributed by atoms with van der Waals surface area (Å²) in [4.78, 5) is 9.26. The number of H-pyrrole nitrogens is 1. The minimum absolute atomic E-state index is 0.230. The minimum Gasteiger partial charge on any atom is -0.354 e. The molecule has 0 radical (unpaired) electrons. The molecule has 3 aromatic rings. The number of anilines is 1. The van der Waals surface area contributed by atoms with E-state index < -0.39 is 0 Å². The van der Waals surface area contributed by atoms with Gasteiger partial charge in [-0.05, 0) is 59.0 Å². The van der Waals surface area contributed by atoms with E-state index in [1.165, 1.54) is 12.1 Å². The molecule has 0 atom stereocenters. The molecule has 134 valence electrons. The zero-order valence-electron chi connectivity index (χ0n) is 14.2. The number of rotatable bonds is 4. The predicted octanol–water partition coefficient (Wildman–Crippen LogP) is 3.54. The second-order valence-electron chi connectivity index (χ2n) is 6.36. The zero-order chi connectivity index (χ0) is 17.9. The quantitative estimate of drug-likeness (QED) is 0.602. The molecule has 1 saturated heterocycles. The van der Waals surface area contributed by atoms with Gasteiger partial charge >= 0.3 is 0 Å². The Labute approximate surface area is 165 Å². The molecule has 0 aliphatic carbocycles. The van der Waals surface area contributed by atoms with Crippen LogP contribution < -0.4 is 4.90 Å². The molecule has 1 aromatic carbocycles. The standard InChI is InChI=1S/C19H19FIN5/c20-16-3-1-14(2-4-16)19-15(11-23-24-19)13-25-7-9-26(10-8-25)18-6-5-17(21)12-22-18/h1-6,11-12H,7-10,13H2,(H,23,24). The third kappa shape index (κ3) is 3.88.